The van der Waals surface area contributed by atoms with Crippen LogP contribution in [0.15, 0.2) is 330 Å². The third-order valence-corrected chi connectivity index (χ3v) is 17.2. The molecule has 2 atom stereocenters. The molecule has 1 unspecified atom stereocenters. The molecule has 1 aliphatic carbocycles. The average molecular weight is 1170 g/mol. The van der Waals surface area contributed by atoms with E-state index in [1.807, 2.05) is 54.6 Å². The van der Waals surface area contributed by atoms with E-state index in [4.69, 9.17) is 28.8 Å². The maximum Gasteiger partial charge on any atom is 0.227 e. The van der Waals surface area contributed by atoms with Gasteiger partial charge in [-0.1, -0.05) is 207 Å². The normalized spacial score (nSPS) is 13.8. The van der Waals surface area contributed by atoms with E-state index in [9.17, 15) is 0 Å². The Morgan fingerprint density at radius 1 is 0.308 bits per heavy atom. The minimum absolute atomic E-state index is 0.0146. The molecule has 0 N–H and O–H groups in total. The van der Waals surface area contributed by atoms with Gasteiger partial charge in [-0.25, -0.2) is 19.9 Å². The summed E-state index contributed by atoms with van der Waals surface area (Å²) < 4.78 is 12.4. The van der Waals surface area contributed by atoms with Gasteiger partial charge in [-0.2, -0.15) is 0 Å². The second kappa shape index (κ2) is 23.6. The summed E-state index contributed by atoms with van der Waals surface area (Å²) in [4.78, 5) is 25.8. The Morgan fingerprint density at radius 2 is 0.703 bits per heavy atom. The number of nitrogens with zero attached hydrogens (tertiary/aromatic N) is 6. The monoisotopic (exact) mass is 1170 g/mol. The number of para-hydroxylation sites is 6. The molecule has 0 aliphatic heterocycles. The van der Waals surface area contributed by atoms with Gasteiger partial charge in [0, 0.05) is 50.7 Å². The summed E-state index contributed by atoms with van der Waals surface area (Å²) in [6, 6.07) is 106. The van der Waals surface area contributed by atoms with E-state index in [1.54, 1.807) is 0 Å². The van der Waals surface area contributed by atoms with Crippen molar-refractivity contribution in [3.63, 3.8) is 0 Å². The summed E-state index contributed by atoms with van der Waals surface area (Å²) in [6.45, 7) is 2.26. The Kier molecular flexibility index (Phi) is 14.1. The molecule has 0 spiro atoms. The van der Waals surface area contributed by atoms with Gasteiger partial charge in [-0.05, 0) is 172 Å². The lowest BCUT2D eigenvalue weighted by molar-refractivity contribution is 0.575. The fourth-order valence-corrected chi connectivity index (χ4v) is 12.7. The first-order valence-corrected chi connectivity index (χ1v) is 30.8. The van der Waals surface area contributed by atoms with Gasteiger partial charge in [0.25, 0.3) is 0 Å². The van der Waals surface area contributed by atoms with E-state index in [2.05, 4.69) is 284 Å². The van der Waals surface area contributed by atoms with Crippen molar-refractivity contribution in [2.24, 2.45) is 5.92 Å². The predicted molar refractivity (Wildman–Crippen MR) is 372 cm³/mol. The lowest BCUT2D eigenvalue weighted by Crippen LogP contribution is -2.35. The second-order valence-electron chi connectivity index (χ2n) is 23.0. The van der Waals surface area contributed by atoms with Crippen LogP contribution < -0.4 is 9.80 Å². The molecule has 3 aromatic heterocycles. The van der Waals surface area contributed by atoms with E-state index in [0.29, 0.717) is 11.8 Å². The van der Waals surface area contributed by atoms with E-state index in [1.165, 1.54) is 0 Å². The molecule has 1 aliphatic rings. The number of benzene rings is 12. The molecule has 432 valence electrons. The van der Waals surface area contributed by atoms with Crippen molar-refractivity contribution in [1.82, 2.24) is 19.9 Å². The summed E-state index contributed by atoms with van der Waals surface area (Å²) >= 11 is 0. The minimum Gasteiger partial charge on any atom is -0.436 e. The molecule has 0 bridgehead atoms. The summed E-state index contributed by atoms with van der Waals surface area (Å²) in [6.07, 6.45) is 6.70. The first kappa shape index (κ1) is 54.4. The number of fused-ring (bicyclic) bond motifs is 3. The Hall–Kier alpha value is -12.0. The zero-order valence-corrected chi connectivity index (χ0v) is 49.8. The second-order valence-corrected chi connectivity index (χ2v) is 23.0. The van der Waals surface area contributed by atoms with Crippen LogP contribution in [0.3, 0.4) is 0 Å². The molecule has 16 rings (SSSR count). The minimum atomic E-state index is -0.0146. The molecule has 8 nitrogen and oxygen atoms in total. The largest absolute Gasteiger partial charge is 0.436 e. The molecule has 3 heterocycles. The number of hydrogen-bond acceptors (Lipinski definition) is 8. The van der Waals surface area contributed by atoms with Crippen molar-refractivity contribution < 1.29 is 8.83 Å². The lowest BCUT2D eigenvalue weighted by Gasteiger charge is -2.36. The van der Waals surface area contributed by atoms with Crippen LogP contribution in [0.5, 0.6) is 0 Å². The third kappa shape index (κ3) is 10.7. The van der Waals surface area contributed by atoms with E-state index in [0.717, 1.165) is 140 Å². The van der Waals surface area contributed by atoms with E-state index in [-0.39, 0.29) is 12.0 Å². The van der Waals surface area contributed by atoms with Crippen molar-refractivity contribution in [2.75, 3.05) is 9.80 Å². The van der Waals surface area contributed by atoms with E-state index < -0.39 is 0 Å². The molecule has 0 radical (unpaired) electrons. The number of anilines is 5. The lowest BCUT2D eigenvalue weighted by atomic mass is 9.90. The molecule has 0 amide bonds. The maximum atomic E-state index is 6.26. The van der Waals surface area contributed by atoms with Crippen molar-refractivity contribution in [1.29, 1.82) is 0 Å². The zero-order chi connectivity index (χ0) is 60.6. The average Bonchev–Trinajstić information content (AvgIpc) is 1.68. The molecule has 12 aromatic carbocycles. The Bertz CT molecular complexity index is 5110. The fourth-order valence-electron chi connectivity index (χ4n) is 12.7. The van der Waals surface area contributed by atoms with Crippen LogP contribution in [0, 0.1) is 5.92 Å². The zero-order valence-electron chi connectivity index (χ0n) is 49.8. The standard InChI is InChI=1S/C83H58N6O2/c1-55-50-65(83-87-74-33-15-17-35-79(74)91-83)42-49-77(55)89(67-30-12-5-13-31-67)70-45-38-59(39-46-70)81-80(58-36-43-68(44-37-58)88(66-28-10-4-11-29-66)69-47-40-60(41-48-69)82-86-73-32-14-16-34-78(73)90-82)84-75-53-71(63-26-18-24-61(51-63)56-20-6-2-7-21-56)72(54-76(75)85-81)64-27-19-25-62(52-64)57-22-8-3-9-23-57/h2-55,77H,1H3/t55-,77?/m0/s1. The molecule has 0 saturated carbocycles. The summed E-state index contributed by atoms with van der Waals surface area (Å²) in [5.41, 5.74) is 24.0. The van der Waals surface area contributed by atoms with Gasteiger partial charge in [0.15, 0.2) is 11.2 Å². The number of hydrogen-bond donors (Lipinski definition) is 0. The van der Waals surface area contributed by atoms with Gasteiger partial charge in [-0.3, -0.25) is 0 Å². The van der Waals surface area contributed by atoms with Crippen LogP contribution in [0.1, 0.15) is 12.8 Å². The Balaban J connectivity index is 0.831. The van der Waals surface area contributed by atoms with Crippen molar-refractivity contribution in [2.45, 2.75) is 13.0 Å². The van der Waals surface area contributed by atoms with Gasteiger partial charge >= 0.3 is 0 Å². The van der Waals surface area contributed by atoms with Crippen LogP contribution >= 0.6 is 0 Å². The van der Waals surface area contributed by atoms with Crippen LogP contribution in [0.4, 0.5) is 28.4 Å². The predicted octanol–water partition coefficient (Wildman–Crippen LogP) is 21.8. The highest BCUT2D eigenvalue weighted by Gasteiger charge is 2.28. The summed E-state index contributed by atoms with van der Waals surface area (Å²) in [7, 11) is 0. The third-order valence-electron chi connectivity index (χ3n) is 17.2. The van der Waals surface area contributed by atoms with Crippen LogP contribution in [0.2, 0.25) is 0 Å². The van der Waals surface area contributed by atoms with Crippen LogP contribution in [0.25, 0.3) is 117 Å². The highest BCUT2D eigenvalue weighted by atomic mass is 16.4. The number of oxazole rings is 2. The highest BCUT2D eigenvalue weighted by molar-refractivity contribution is 5.97. The van der Waals surface area contributed by atoms with Gasteiger partial charge in [-0.15, -0.1) is 0 Å². The van der Waals surface area contributed by atoms with E-state index >= 15 is 0 Å². The van der Waals surface area contributed by atoms with Crippen molar-refractivity contribution in [3.05, 3.63) is 327 Å². The van der Waals surface area contributed by atoms with Crippen molar-refractivity contribution >= 4 is 67.2 Å². The van der Waals surface area contributed by atoms with Gasteiger partial charge in [0.05, 0.1) is 28.5 Å². The Morgan fingerprint density at radius 3 is 1.21 bits per heavy atom. The first-order valence-electron chi connectivity index (χ1n) is 30.8. The highest BCUT2D eigenvalue weighted by Crippen LogP contribution is 2.44. The fraction of sp³-hybridized carbons (Fsp3) is 0.0361. The van der Waals surface area contributed by atoms with Crippen LogP contribution in [-0.4, -0.2) is 26.0 Å². The number of allylic oxidation sites excluding steroid dienone is 2. The topological polar surface area (TPSA) is 84.3 Å². The smallest absolute Gasteiger partial charge is 0.227 e. The summed E-state index contributed by atoms with van der Waals surface area (Å²) in [5, 5.41) is 0. The molecule has 91 heavy (non-hydrogen) atoms. The quantitative estimate of drug-likeness (QED) is 0.106. The molecule has 15 aromatic rings. The first-order chi connectivity index (χ1) is 45.0. The Labute approximate surface area is 527 Å². The number of aromatic nitrogens is 4. The molecular weight excluding hydrogens is 1110 g/mol. The summed E-state index contributed by atoms with van der Waals surface area (Å²) in [5.74, 6) is 1.31. The van der Waals surface area contributed by atoms with Gasteiger partial charge in [0.1, 0.15) is 11.0 Å². The SMILES string of the molecule is C[C@H]1C=C(c2nc3ccccc3o2)C=CC1N(c1ccccc1)c1ccc(-c2nc3cc(-c4cccc(-c5ccccc5)c4)c(-c4cccc(-c5ccccc5)c4)cc3nc2-c2ccc(N(c3ccccc3)c3ccc(-c4nc5ccccc5o4)cc3)cc2)cc1. The maximum absolute atomic E-state index is 6.26. The molecular formula is C83H58N6O2. The number of rotatable bonds is 14. The van der Waals surface area contributed by atoms with Gasteiger partial charge < -0.3 is 18.6 Å². The van der Waals surface area contributed by atoms with Crippen LogP contribution in [-0.2, 0) is 0 Å². The molecule has 0 fully saturated rings. The van der Waals surface area contributed by atoms with Crippen molar-refractivity contribution in [3.8, 4) is 78.5 Å². The van der Waals surface area contributed by atoms with Gasteiger partial charge in [0.2, 0.25) is 11.8 Å². The molecule has 0 saturated heterocycles. The molecule has 8 heteroatoms.